The number of aromatic hydroxyl groups is 2. The number of hydrogen-bond donors (Lipinski definition) is 2. The van der Waals surface area contributed by atoms with Gasteiger partial charge < -0.3 is 15.7 Å². The van der Waals surface area contributed by atoms with E-state index in [2.05, 4.69) is 68.5 Å². The van der Waals surface area contributed by atoms with Crippen molar-refractivity contribution in [2.24, 2.45) is 0 Å². The number of rotatable bonds is 4. The smallest absolute Gasteiger partial charge is 0.137 e. The van der Waals surface area contributed by atoms with E-state index >= 15 is 0 Å². The van der Waals surface area contributed by atoms with Gasteiger partial charge in [0.25, 0.3) is 0 Å². The molecule has 1 aromatic carbocycles. The summed E-state index contributed by atoms with van der Waals surface area (Å²) < 4.78 is 0. The maximum atomic E-state index is 8.87. The summed E-state index contributed by atoms with van der Waals surface area (Å²) in [6, 6.07) is 19.5. The van der Waals surface area contributed by atoms with Gasteiger partial charge in [0, 0.05) is 55.6 Å². The Kier molecular flexibility index (Phi) is 9.09. The highest BCUT2D eigenvalue weighted by Gasteiger charge is 2.52. The number of aromatic nitrogens is 4. The van der Waals surface area contributed by atoms with E-state index in [1.54, 1.807) is 0 Å². The lowest BCUT2D eigenvalue weighted by Crippen LogP contribution is -2.40. The molecule has 1 saturated carbocycles. The fraction of sp³-hybridized carbons (Fsp3) is 0.133. The van der Waals surface area contributed by atoms with E-state index in [-0.39, 0.29) is 27.0 Å². The Morgan fingerprint density at radius 1 is 0.436 bits per heavy atom. The van der Waals surface area contributed by atoms with E-state index in [4.69, 9.17) is 33.4 Å². The summed E-state index contributed by atoms with van der Waals surface area (Å²) in [5.74, 6) is 1.11. The van der Waals surface area contributed by atoms with Crippen molar-refractivity contribution in [1.29, 1.82) is 0 Å². The first kappa shape index (κ1) is 28.0. The molecule has 1 aliphatic rings. The molecule has 0 radical (unpaired) electrons. The van der Waals surface area contributed by atoms with Crippen LogP contribution in [-0.4, -0.2) is 35.6 Å². The van der Waals surface area contributed by atoms with Gasteiger partial charge in [0.15, 0.2) is 0 Å². The summed E-state index contributed by atoms with van der Waals surface area (Å²) in [5, 5.41) is 18.0. The highest BCUT2D eigenvalue weighted by molar-refractivity contribution is 6.36. The van der Waals surface area contributed by atoms with Crippen molar-refractivity contribution < 1.29 is 15.7 Å². The minimum atomic E-state index is -0.177. The average Bonchev–Trinajstić information content (AvgIpc) is 2.94. The van der Waals surface area contributed by atoms with Gasteiger partial charge in [0.1, 0.15) is 11.5 Å². The van der Waals surface area contributed by atoms with Crippen LogP contribution in [0, 0.1) is 0 Å². The number of hydrogen-bond acceptors (Lipinski definition) is 6. The van der Waals surface area contributed by atoms with E-state index in [1.807, 2.05) is 49.6 Å². The van der Waals surface area contributed by atoms with Crippen LogP contribution in [0.2, 0.25) is 10.0 Å². The lowest BCUT2D eigenvalue weighted by atomic mass is 9.49. The predicted octanol–water partition coefficient (Wildman–Crippen LogP) is 6.30. The first-order chi connectivity index (χ1) is 18.5. The third kappa shape index (κ3) is 6.01. The van der Waals surface area contributed by atoms with Gasteiger partial charge in [0.2, 0.25) is 0 Å². The highest BCUT2D eigenvalue weighted by Crippen LogP contribution is 2.66. The zero-order valence-corrected chi connectivity index (χ0v) is 22.2. The Balaban J connectivity index is 0.000000273. The van der Waals surface area contributed by atoms with Crippen LogP contribution in [0.15, 0.2) is 110 Å². The maximum Gasteiger partial charge on any atom is 0.137 e. The normalized spacial score (nSPS) is 19.5. The van der Waals surface area contributed by atoms with Crippen molar-refractivity contribution in [3.63, 3.8) is 0 Å². The minimum Gasteiger partial charge on any atom is -0.506 e. The molecule has 0 saturated heterocycles. The number of benzene rings is 1. The van der Waals surface area contributed by atoms with E-state index in [0.29, 0.717) is 23.7 Å². The van der Waals surface area contributed by atoms with Crippen molar-refractivity contribution in [2.75, 3.05) is 0 Å². The zero-order valence-electron chi connectivity index (χ0n) is 20.6. The van der Waals surface area contributed by atoms with E-state index < -0.39 is 0 Å². The fourth-order valence-electron chi connectivity index (χ4n) is 5.28. The summed E-state index contributed by atoms with van der Waals surface area (Å²) in [6.45, 7) is 0. The van der Waals surface area contributed by atoms with Crippen LogP contribution in [0.1, 0.15) is 45.9 Å². The predicted molar refractivity (Wildman–Crippen MR) is 151 cm³/mol. The molecule has 198 valence electrons. The van der Waals surface area contributed by atoms with Crippen LogP contribution in [0.4, 0.5) is 0 Å². The summed E-state index contributed by atoms with van der Waals surface area (Å²) in [4.78, 5) is 16.9. The molecule has 4 N–H and O–H groups in total. The summed E-state index contributed by atoms with van der Waals surface area (Å²) in [6.07, 6.45) is 15.1. The van der Waals surface area contributed by atoms with Gasteiger partial charge in [0.05, 0.1) is 10.0 Å². The molecular weight excluding hydrogens is 535 g/mol. The summed E-state index contributed by atoms with van der Waals surface area (Å²) in [5.41, 5.74) is 5.29. The van der Waals surface area contributed by atoms with Gasteiger partial charge in [-0.3, -0.25) is 19.9 Å². The molecule has 7 nitrogen and oxygen atoms in total. The quantitative estimate of drug-likeness (QED) is 0.266. The minimum absolute atomic E-state index is 0. The molecule has 1 aliphatic carbocycles. The number of nitrogens with zero attached hydrogens (tertiary/aromatic N) is 4. The third-order valence-corrected chi connectivity index (χ3v) is 7.53. The van der Waals surface area contributed by atoms with Crippen molar-refractivity contribution in [1.82, 2.24) is 19.9 Å². The van der Waals surface area contributed by atoms with Crippen LogP contribution in [0.5, 0.6) is 11.5 Å². The number of pyridine rings is 4. The van der Waals surface area contributed by atoms with Crippen LogP contribution in [0.3, 0.4) is 0 Å². The van der Waals surface area contributed by atoms with Crippen molar-refractivity contribution in [3.8, 4) is 11.5 Å². The van der Waals surface area contributed by atoms with Crippen molar-refractivity contribution in [3.05, 3.63) is 143 Å². The second-order valence-electron chi connectivity index (χ2n) is 8.98. The maximum absolute atomic E-state index is 8.87. The van der Waals surface area contributed by atoms with Gasteiger partial charge >= 0.3 is 0 Å². The standard InChI is InChI=1S/C24H20N4.C6H4Cl2O2.H2O/c1-9-25-10-2-17(1)21-22(18-3-11-26-12-4-18)24(20-7-15-28-16-8-20)23(21)19-5-13-27-14-6-19;7-3-1-4(8)6(10)2-5(3)9;/h1-16,21-24H;1-2,9-10H;1H2. The fourth-order valence-corrected chi connectivity index (χ4v) is 5.66. The van der Waals surface area contributed by atoms with Gasteiger partial charge in [-0.15, -0.1) is 0 Å². The van der Waals surface area contributed by atoms with Gasteiger partial charge in [-0.25, -0.2) is 0 Å². The molecule has 0 amide bonds. The molecule has 0 atom stereocenters. The molecule has 39 heavy (non-hydrogen) atoms. The van der Waals surface area contributed by atoms with Crippen LogP contribution < -0.4 is 0 Å². The topological polar surface area (TPSA) is 124 Å². The number of phenolic OH excluding ortho intramolecular Hbond substituents is 2. The van der Waals surface area contributed by atoms with Crippen LogP contribution >= 0.6 is 23.2 Å². The first-order valence-corrected chi connectivity index (χ1v) is 12.8. The van der Waals surface area contributed by atoms with E-state index in [0.717, 1.165) is 6.07 Å². The highest BCUT2D eigenvalue weighted by atomic mass is 35.5. The van der Waals surface area contributed by atoms with E-state index in [9.17, 15) is 0 Å². The first-order valence-electron chi connectivity index (χ1n) is 12.0. The van der Waals surface area contributed by atoms with Crippen molar-refractivity contribution >= 4 is 23.2 Å². The molecule has 0 aliphatic heterocycles. The molecular formula is C30H26Cl2N4O3. The van der Waals surface area contributed by atoms with Crippen molar-refractivity contribution in [2.45, 2.75) is 23.7 Å². The molecule has 4 aromatic heterocycles. The Bertz CT molecular complexity index is 1250. The molecule has 9 heteroatoms. The van der Waals surface area contributed by atoms with Crippen LogP contribution in [-0.2, 0) is 0 Å². The van der Waals surface area contributed by atoms with Gasteiger partial charge in [-0.05, 0) is 101 Å². The van der Waals surface area contributed by atoms with Gasteiger partial charge in [-0.2, -0.15) is 0 Å². The molecule has 4 heterocycles. The van der Waals surface area contributed by atoms with Gasteiger partial charge in [-0.1, -0.05) is 23.2 Å². The second-order valence-corrected chi connectivity index (χ2v) is 9.79. The average molecular weight is 561 g/mol. The monoisotopic (exact) mass is 560 g/mol. The van der Waals surface area contributed by atoms with E-state index in [1.165, 1.54) is 28.3 Å². The SMILES string of the molecule is O.Oc1cc(O)c(Cl)cc1Cl.c1cc(C2C(c3ccncc3)C(c3ccncc3)C2c2ccncc2)ccn1. The molecule has 6 rings (SSSR count). The number of halogens is 2. The Morgan fingerprint density at radius 2 is 0.667 bits per heavy atom. The molecule has 0 bridgehead atoms. The molecule has 0 unspecified atom stereocenters. The third-order valence-electron chi connectivity index (χ3n) is 6.93. The molecule has 5 aromatic rings. The molecule has 1 fully saturated rings. The second kappa shape index (κ2) is 12.7. The number of phenols is 2. The lowest BCUT2D eigenvalue weighted by Gasteiger charge is -2.53. The Hall–Kier alpha value is -4.04. The Labute approximate surface area is 236 Å². The lowest BCUT2D eigenvalue weighted by molar-refractivity contribution is 0.228. The molecule has 0 spiro atoms. The van der Waals surface area contributed by atoms with Crippen LogP contribution in [0.25, 0.3) is 0 Å². The zero-order chi connectivity index (χ0) is 26.5. The summed E-state index contributed by atoms with van der Waals surface area (Å²) >= 11 is 10.9. The summed E-state index contributed by atoms with van der Waals surface area (Å²) in [7, 11) is 0. The Morgan fingerprint density at radius 3 is 0.872 bits per heavy atom. The largest absolute Gasteiger partial charge is 0.506 e.